The van der Waals surface area contributed by atoms with Gasteiger partial charge >= 0.3 is 0 Å². The van der Waals surface area contributed by atoms with Crippen molar-refractivity contribution in [3.8, 4) is 0 Å². The van der Waals surface area contributed by atoms with Gasteiger partial charge in [-0.3, -0.25) is 9.59 Å². The Hall–Kier alpha value is -1.88. The third kappa shape index (κ3) is 1.90. The fourth-order valence-electron chi connectivity index (χ4n) is 3.06. The van der Waals surface area contributed by atoms with Crippen LogP contribution in [0.15, 0.2) is 18.2 Å². The number of carbonyl (C=O) groups is 2. The molecule has 1 aromatic carbocycles. The van der Waals surface area contributed by atoms with E-state index in [1.54, 1.807) is 0 Å². The van der Waals surface area contributed by atoms with E-state index in [1.165, 1.54) is 0 Å². The minimum atomic E-state index is 0.00720. The molecule has 19 heavy (non-hydrogen) atoms. The second-order valence-electron chi connectivity index (χ2n) is 5.34. The molecule has 1 saturated heterocycles. The third-order valence-electron chi connectivity index (χ3n) is 4.13. The summed E-state index contributed by atoms with van der Waals surface area (Å²) in [5.41, 5.74) is 6.69. The van der Waals surface area contributed by atoms with Crippen molar-refractivity contribution in [2.45, 2.75) is 38.4 Å². The summed E-state index contributed by atoms with van der Waals surface area (Å²) in [6, 6.07) is 5.75. The van der Waals surface area contributed by atoms with Gasteiger partial charge in [0.2, 0.25) is 5.91 Å². The molecule has 5 nitrogen and oxygen atoms in total. The highest BCUT2D eigenvalue weighted by molar-refractivity contribution is 5.99. The van der Waals surface area contributed by atoms with Gasteiger partial charge in [0.25, 0.3) is 5.91 Å². The first-order valence-electron chi connectivity index (χ1n) is 6.62. The Bertz CT molecular complexity index is 556. The van der Waals surface area contributed by atoms with Crippen molar-refractivity contribution in [3.05, 3.63) is 29.3 Å². The first-order valence-corrected chi connectivity index (χ1v) is 6.62. The number of carbonyl (C=O) groups excluding carboxylic acids is 2. The Balaban J connectivity index is 1.88. The van der Waals surface area contributed by atoms with Gasteiger partial charge in [0.1, 0.15) is 5.69 Å². The Labute approximate surface area is 111 Å². The van der Waals surface area contributed by atoms with Gasteiger partial charge < -0.3 is 16.0 Å². The van der Waals surface area contributed by atoms with Gasteiger partial charge in [0.15, 0.2) is 0 Å². The minimum Gasteiger partial charge on any atom is -0.352 e. The number of amides is 2. The number of fused-ring (bicyclic) bond motifs is 1. The molecule has 2 aliphatic rings. The number of piperidine rings is 1. The molecular weight excluding hydrogens is 242 g/mol. The van der Waals surface area contributed by atoms with Crippen molar-refractivity contribution in [1.29, 1.82) is 0 Å². The maximum Gasteiger partial charge on any atom is 0.255 e. The zero-order valence-electron chi connectivity index (χ0n) is 11.0. The molecule has 2 unspecified atom stereocenters. The lowest BCUT2D eigenvalue weighted by atomic mass is 9.98. The molecule has 0 aliphatic carbocycles. The Morgan fingerprint density at radius 2 is 2.16 bits per heavy atom. The van der Waals surface area contributed by atoms with Crippen LogP contribution in [0.25, 0.3) is 0 Å². The molecule has 2 atom stereocenters. The molecule has 3 rings (SSSR count). The van der Waals surface area contributed by atoms with Gasteiger partial charge in [0.05, 0.1) is 18.2 Å². The van der Waals surface area contributed by atoms with Crippen LogP contribution in [0.1, 0.15) is 35.7 Å². The van der Waals surface area contributed by atoms with Crippen LogP contribution in [0, 0.1) is 0 Å². The van der Waals surface area contributed by atoms with E-state index in [-0.39, 0.29) is 23.9 Å². The number of nitrogens with one attached hydrogen (secondary N) is 1. The summed E-state index contributed by atoms with van der Waals surface area (Å²) < 4.78 is 0. The molecule has 0 radical (unpaired) electrons. The maximum absolute atomic E-state index is 12.5. The highest BCUT2D eigenvalue weighted by Gasteiger charge is 2.38. The summed E-state index contributed by atoms with van der Waals surface area (Å²) in [4.78, 5) is 25.7. The predicted molar refractivity (Wildman–Crippen MR) is 69.5 cm³/mol. The van der Waals surface area contributed by atoms with Crippen molar-refractivity contribution in [2.24, 2.45) is 0 Å². The average Bonchev–Trinajstić information content (AvgIpc) is 2.69. The van der Waals surface area contributed by atoms with E-state index in [1.807, 2.05) is 30.0 Å². The van der Waals surface area contributed by atoms with Crippen molar-refractivity contribution >= 4 is 17.5 Å². The monoisotopic (exact) mass is 260 g/mol. The molecule has 5 heteroatoms. The van der Waals surface area contributed by atoms with Gasteiger partial charge in [0, 0.05) is 18.0 Å². The molecule has 0 spiro atoms. The van der Waals surface area contributed by atoms with E-state index in [0.717, 1.165) is 23.2 Å². The molecule has 0 aromatic heterocycles. The fraction of sp³-hybridized carbons (Fsp3) is 0.429. The Morgan fingerprint density at radius 3 is 2.84 bits per heavy atom. The summed E-state index contributed by atoms with van der Waals surface area (Å²) in [6.07, 6.45) is 1.23. The van der Waals surface area contributed by atoms with Crippen molar-refractivity contribution < 1.29 is 15.3 Å². The van der Waals surface area contributed by atoms with Gasteiger partial charge in [-0.25, -0.2) is 0 Å². The van der Waals surface area contributed by atoms with Gasteiger partial charge in [-0.05, 0) is 25.5 Å². The molecule has 2 amide bonds. The average molecular weight is 260 g/mol. The lowest BCUT2D eigenvalue weighted by Gasteiger charge is -2.36. The largest absolute Gasteiger partial charge is 0.352 e. The van der Waals surface area contributed by atoms with Crippen molar-refractivity contribution in [1.82, 2.24) is 10.2 Å². The van der Waals surface area contributed by atoms with Crippen LogP contribution >= 0.6 is 0 Å². The third-order valence-corrected chi connectivity index (χ3v) is 4.13. The second kappa shape index (κ2) is 4.35. The maximum atomic E-state index is 12.5. The number of quaternary nitrogens is 1. The topological polar surface area (TPSA) is 77.1 Å². The van der Waals surface area contributed by atoms with Crippen molar-refractivity contribution in [2.75, 3.05) is 0 Å². The number of nitrogens with zero attached hydrogens (tertiary/aromatic N) is 1. The lowest BCUT2D eigenvalue weighted by Crippen LogP contribution is -2.54. The van der Waals surface area contributed by atoms with E-state index in [4.69, 9.17) is 0 Å². The Morgan fingerprint density at radius 1 is 1.37 bits per heavy atom. The van der Waals surface area contributed by atoms with Crippen molar-refractivity contribution in [3.63, 3.8) is 0 Å². The van der Waals surface area contributed by atoms with E-state index in [0.29, 0.717) is 13.0 Å². The van der Waals surface area contributed by atoms with Crippen LogP contribution in [0.5, 0.6) is 0 Å². The standard InChI is InChI=1S/C14H17N3O2/c1-8-12(5-6-13(18)16-8)17-7-10-9(14(17)19)3-2-4-11(10)15/h2-4,8,12H,5-7,15H2,1H3,(H,16,18)/p+1. The molecule has 2 heterocycles. The minimum absolute atomic E-state index is 0.00720. The summed E-state index contributed by atoms with van der Waals surface area (Å²) in [7, 11) is 0. The molecule has 4 N–H and O–H groups in total. The zero-order valence-corrected chi connectivity index (χ0v) is 11.0. The number of benzene rings is 1. The summed E-state index contributed by atoms with van der Waals surface area (Å²) >= 11 is 0. The molecule has 1 fully saturated rings. The van der Waals surface area contributed by atoms with Crippen LogP contribution in [-0.4, -0.2) is 28.8 Å². The van der Waals surface area contributed by atoms with E-state index in [9.17, 15) is 9.59 Å². The van der Waals surface area contributed by atoms with Crippen LogP contribution in [0.3, 0.4) is 0 Å². The van der Waals surface area contributed by atoms with Crippen LogP contribution in [0.2, 0.25) is 0 Å². The lowest BCUT2D eigenvalue weighted by molar-refractivity contribution is -0.255. The number of rotatable bonds is 1. The van der Waals surface area contributed by atoms with E-state index in [2.05, 4.69) is 11.1 Å². The van der Waals surface area contributed by atoms with Crippen LogP contribution in [0.4, 0.5) is 5.69 Å². The van der Waals surface area contributed by atoms with E-state index >= 15 is 0 Å². The first-order chi connectivity index (χ1) is 9.08. The second-order valence-corrected chi connectivity index (χ2v) is 5.34. The summed E-state index contributed by atoms with van der Waals surface area (Å²) in [6.45, 7) is 2.57. The summed E-state index contributed by atoms with van der Waals surface area (Å²) in [5.74, 6) is 0.138. The molecule has 1 aromatic rings. The normalized spacial score (nSPS) is 26.3. The quantitative estimate of drug-likeness (QED) is 0.756. The van der Waals surface area contributed by atoms with Crippen LogP contribution < -0.4 is 11.1 Å². The molecule has 2 aliphatic heterocycles. The zero-order chi connectivity index (χ0) is 13.6. The molecule has 0 bridgehead atoms. The highest BCUT2D eigenvalue weighted by atomic mass is 16.2. The summed E-state index contributed by atoms with van der Waals surface area (Å²) in [5, 5.41) is 2.92. The molecule has 100 valence electrons. The van der Waals surface area contributed by atoms with Gasteiger partial charge in [-0.2, -0.15) is 0 Å². The highest BCUT2D eigenvalue weighted by Crippen LogP contribution is 2.31. The number of hydrogen-bond donors (Lipinski definition) is 2. The smallest absolute Gasteiger partial charge is 0.255 e. The fourth-order valence-corrected chi connectivity index (χ4v) is 3.06. The van der Waals surface area contributed by atoms with Gasteiger partial charge in [-0.15, -0.1) is 0 Å². The van der Waals surface area contributed by atoms with Gasteiger partial charge in [-0.1, -0.05) is 6.07 Å². The first kappa shape index (κ1) is 12.2. The van der Waals surface area contributed by atoms with E-state index < -0.39 is 0 Å². The Kier molecular flexibility index (Phi) is 2.78. The van der Waals surface area contributed by atoms with Crippen LogP contribution in [-0.2, 0) is 11.3 Å². The predicted octanol–water partition coefficient (Wildman–Crippen LogP) is 0.183. The molecular formula is C14H18N3O2+. The number of hydrogen-bond acceptors (Lipinski definition) is 2. The molecule has 0 saturated carbocycles. The SMILES string of the molecule is CC1NC(=O)CCC1N1Cc2c([NH3+])cccc2C1=O.